The molecule has 0 aromatic heterocycles. The molecular formula is C19H37N3O2. The van der Waals surface area contributed by atoms with Gasteiger partial charge in [-0.1, -0.05) is 20.8 Å². The SMILES string of the molecule is CC(C)(C)CC(=O)N1CCC(NCCCN2CCC(O)CC2)CC1. The predicted octanol–water partition coefficient (Wildman–Crippen LogP) is 1.85. The van der Waals surface area contributed by atoms with Crippen LogP contribution in [0.4, 0.5) is 0 Å². The number of carbonyl (C=O) groups is 1. The van der Waals surface area contributed by atoms with Gasteiger partial charge < -0.3 is 20.2 Å². The highest BCUT2D eigenvalue weighted by molar-refractivity contribution is 5.76. The largest absolute Gasteiger partial charge is 0.393 e. The van der Waals surface area contributed by atoms with Gasteiger partial charge in [0.1, 0.15) is 0 Å². The Morgan fingerprint density at radius 2 is 1.71 bits per heavy atom. The summed E-state index contributed by atoms with van der Waals surface area (Å²) in [6.07, 6.45) is 5.74. The van der Waals surface area contributed by atoms with Crippen LogP contribution in [-0.2, 0) is 4.79 Å². The zero-order valence-corrected chi connectivity index (χ0v) is 15.9. The lowest BCUT2D eigenvalue weighted by Crippen LogP contribution is -2.46. The Bertz CT molecular complexity index is 379. The van der Waals surface area contributed by atoms with Crippen molar-refractivity contribution in [3.05, 3.63) is 0 Å². The molecule has 2 heterocycles. The van der Waals surface area contributed by atoms with Gasteiger partial charge in [-0.2, -0.15) is 0 Å². The molecule has 2 fully saturated rings. The van der Waals surface area contributed by atoms with Crippen molar-refractivity contribution in [1.29, 1.82) is 0 Å². The van der Waals surface area contributed by atoms with Crippen LogP contribution >= 0.6 is 0 Å². The normalized spacial score (nSPS) is 22.1. The maximum absolute atomic E-state index is 12.3. The molecule has 1 amide bonds. The lowest BCUT2D eigenvalue weighted by Gasteiger charge is -2.34. The molecular weight excluding hydrogens is 302 g/mol. The van der Waals surface area contributed by atoms with Gasteiger partial charge in [0.25, 0.3) is 0 Å². The second-order valence-electron chi connectivity index (χ2n) is 8.77. The standard InChI is InChI=1S/C19H37N3O2/c1-19(2,3)15-18(24)22-13-5-16(6-14-22)20-9-4-10-21-11-7-17(23)8-12-21/h16-17,20,23H,4-15H2,1-3H3. The van der Waals surface area contributed by atoms with Crippen LogP contribution in [0.5, 0.6) is 0 Å². The highest BCUT2D eigenvalue weighted by Crippen LogP contribution is 2.21. The fourth-order valence-electron chi connectivity index (χ4n) is 3.65. The molecule has 0 aromatic carbocycles. The number of piperidine rings is 2. The van der Waals surface area contributed by atoms with Gasteiger partial charge in [-0.25, -0.2) is 0 Å². The van der Waals surface area contributed by atoms with E-state index in [4.69, 9.17) is 0 Å². The topological polar surface area (TPSA) is 55.8 Å². The van der Waals surface area contributed by atoms with E-state index >= 15 is 0 Å². The summed E-state index contributed by atoms with van der Waals surface area (Å²) in [5.41, 5.74) is 0.0800. The maximum atomic E-state index is 12.3. The number of aliphatic hydroxyl groups is 1. The quantitative estimate of drug-likeness (QED) is 0.725. The van der Waals surface area contributed by atoms with Crippen LogP contribution in [0.2, 0.25) is 0 Å². The summed E-state index contributed by atoms with van der Waals surface area (Å²) in [6.45, 7) is 12.4. The lowest BCUT2D eigenvalue weighted by molar-refractivity contribution is -0.134. The van der Waals surface area contributed by atoms with E-state index in [0.717, 1.165) is 65.0 Å². The molecule has 0 aromatic rings. The molecule has 140 valence electrons. The number of nitrogens with zero attached hydrogens (tertiary/aromatic N) is 2. The van der Waals surface area contributed by atoms with Crippen LogP contribution in [0.15, 0.2) is 0 Å². The molecule has 0 spiro atoms. The number of rotatable bonds is 6. The van der Waals surface area contributed by atoms with E-state index in [1.807, 2.05) is 4.90 Å². The number of likely N-dealkylation sites (tertiary alicyclic amines) is 2. The van der Waals surface area contributed by atoms with Gasteiger partial charge in [-0.3, -0.25) is 4.79 Å². The number of aliphatic hydroxyl groups excluding tert-OH is 1. The molecule has 2 N–H and O–H groups in total. The maximum Gasteiger partial charge on any atom is 0.223 e. The smallest absolute Gasteiger partial charge is 0.223 e. The van der Waals surface area contributed by atoms with Gasteiger partial charge in [-0.05, 0) is 50.6 Å². The summed E-state index contributed by atoms with van der Waals surface area (Å²) >= 11 is 0. The Labute approximate surface area is 147 Å². The number of hydrogen-bond donors (Lipinski definition) is 2. The molecule has 2 aliphatic heterocycles. The fourth-order valence-corrected chi connectivity index (χ4v) is 3.65. The highest BCUT2D eigenvalue weighted by Gasteiger charge is 2.25. The first-order valence-electron chi connectivity index (χ1n) is 9.75. The van der Waals surface area contributed by atoms with Crippen LogP contribution in [0.25, 0.3) is 0 Å². The average Bonchev–Trinajstić information content (AvgIpc) is 2.52. The molecule has 0 saturated carbocycles. The van der Waals surface area contributed by atoms with Gasteiger partial charge in [0.05, 0.1) is 6.10 Å². The van der Waals surface area contributed by atoms with E-state index in [2.05, 4.69) is 31.0 Å². The Balaban J connectivity index is 1.54. The third-order valence-electron chi connectivity index (χ3n) is 5.17. The van der Waals surface area contributed by atoms with E-state index in [0.29, 0.717) is 18.4 Å². The van der Waals surface area contributed by atoms with Crippen LogP contribution in [0.3, 0.4) is 0 Å². The first kappa shape index (κ1) is 19.7. The lowest BCUT2D eigenvalue weighted by atomic mass is 9.91. The Morgan fingerprint density at radius 3 is 2.29 bits per heavy atom. The van der Waals surface area contributed by atoms with Crippen molar-refractivity contribution in [2.24, 2.45) is 5.41 Å². The molecule has 0 aliphatic carbocycles. The van der Waals surface area contributed by atoms with Crippen molar-refractivity contribution >= 4 is 5.91 Å². The Kier molecular flexibility index (Phi) is 7.51. The van der Waals surface area contributed by atoms with Gasteiger partial charge in [0.15, 0.2) is 0 Å². The zero-order valence-electron chi connectivity index (χ0n) is 15.9. The molecule has 24 heavy (non-hydrogen) atoms. The summed E-state index contributed by atoms with van der Waals surface area (Å²) in [5, 5.41) is 13.2. The van der Waals surface area contributed by atoms with E-state index in [9.17, 15) is 9.90 Å². The van der Waals surface area contributed by atoms with Gasteiger partial charge in [0.2, 0.25) is 5.91 Å². The molecule has 5 nitrogen and oxygen atoms in total. The first-order chi connectivity index (χ1) is 11.3. The Morgan fingerprint density at radius 1 is 1.08 bits per heavy atom. The molecule has 0 radical (unpaired) electrons. The van der Waals surface area contributed by atoms with Crippen LogP contribution in [0.1, 0.15) is 59.3 Å². The van der Waals surface area contributed by atoms with Crippen molar-refractivity contribution < 1.29 is 9.90 Å². The van der Waals surface area contributed by atoms with Crippen molar-refractivity contribution in [3.63, 3.8) is 0 Å². The third-order valence-corrected chi connectivity index (χ3v) is 5.17. The minimum atomic E-state index is -0.0782. The average molecular weight is 340 g/mol. The molecule has 0 unspecified atom stereocenters. The molecule has 2 aliphatic rings. The summed E-state index contributed by atoms with van der Waals surface area (Å²) in [4.78, 5) is 16.8. The van der Waals surface area contributed by atoms with Crippen molar-refractivity contribution in [3.8, 4) is 0 Å². The summed E-state index contributed by atoms with van der Waals surface area (Å²) < 4.78 is 0. The van der Waals surface area contributed by atoms with Crippen molar-refractivity contribution in [2.75, 3.05) is 39.3 Å². The van der Waals surface area contributed by atoms with Crippen LogP contribution in [-0.4, -0.2) is 72.2 Å². The van der Waals surface area contributed by atoms with Gasteiger partial charge >= 0.3 is 0 Å². The molecule has 2 saturated heterocycles. The Hall–Kier alpha value is -0.650. The van der Waals surface area contributed by atoms with E-state index < -0.39 is 0 Å². The van der Waals surface area contributed by atoms with E-state index in [1.54, 1.807) is 0 Å². The van der Waals surface area contributed by atoms with E-state index in [-0.39, 0.29) is 11.5 Å². The number of hydrogen-bond acceptors (Lipinski definition) is 4. The minimum absolute atomic E-state index is 0.0782. The summed E-state index contributed by atoms with van der Waals surface area (Å²) in [7, 11) is 0. The van der Waals surface area contributed by atoms with Crippen molar-refractivity contribution in [1.82, 2.24) is 15.1 Å². The summed E-state index contributed by atoms with van der Waals surface area (Å²) in [5.74, 6) is 0.313. The number of carbonyl (C=O) groups excluding carboxylic acids is 1. The van der Waals surface area contributed by atoms with Gasteiger partial charge in [0, 0.05) is 38.6 Å². The fraction of sp³-hybridized carbons (Fsp3) is 0.947. The molecule has 0 atom stereocenters. The monoisotopic (exact) mass is 339 g/mol. The first-order valence-corrected chi connectivity index (χ1v) is 9.75. The third kappa shape index (κ3) is 7.08. The number of nitrogens with one attached hydrogen (secondary N) is 1. The molecule has 5 heteroatoms. The van der Waals surface area contributed by atoms with Gasteiger partial charge in [-0.15, -0.1) is 0 Å². The highest BCUT2D eigenvalue weighted by atomic mass is 16.3. The molecule has 2 rings (SSSR count). The predicted molar refractivity (Wildman–Crippen MR) is 98.0 cm³/mol. The summed E-state index contributed by atoms with van der Waals surface area (Å²) in [6, 6.07) is 0.562. The molecule has 0 bridgehead atoms. The van der Waals surface area contributed by atoms with Crippen molar-refractivity contribution in [2.45, 2.75) is 71.4 Å². The second kappa shape index (κ2) is 9.16. The van der Waals surface area contributed by atoms with E-state index in [1.165, 1.54) is 6.42 Å². The second-order valence-corrected chi connectivity index (χ2v) is 8.77. The minimum Gasteiger partial charge on any atom is -0.393 e. The van der Waals surface area contributed by atoms with Crippen LogP contribution in [0, 0.1) is 5.41 Å². The number of amides is 1. The zero-order chi connectivity index (χ0) is 17.6. The van der Waals surface area contributed by atoms with Crippen LogP contribution < -0.4 is 5.32 Å².